The number of nitrogens with one attached hydrogen (secondary N) is 1. The van der Waals surface area contributed by atoms with E-state index in [2.05, 4.69) is 50.5 Å². The monoisotopic (exact) mass is 285 g/mol. The average molecular weight is 285 g/mol. The zero-order valence-corrected chi connectivity index (χ0v) is 13.4. The van der Waals surface area contributed by atoms with E-state index < -0.39 is 0 Å². The zero-order chi connectivity index (χ0) is 14.1. The maximum absolute atomic E-state index is 3.50. The van der Waals surface area contributed by atoms with Crippen LogP contribution in [0.25, 0.3) is 0 Å². The Morgan fingerprint density at radius 2 is 1.85 bits per heavy atom. The molecule has 1 unspecified atom stereocenters. The normalized spacial score (nSPS) is 15.9. The molecule has 0 fully saturated rings. The van der Waals surface area contributed by atoms with Gasteiger partial charge in [-0.1, -0.05) is 18.2 Å². The van der Waals surface area contributed by atoms with Crippen molar-refractivity contribution >= 4 is 11.3 Å². The largest absolute Gasteiger partial charge is 0.309 e. The van der Waals surface area contributed by atoms with Crippen LogP contribution in [0.1, 0.15) is 50.9 Å². The molecule has 0 radical (unpaired) electrons. The molecule has 0 amide bonds. The highest BCUT2D eigenvalue weighted by molar-refractivity contribution is 7.12. The molecule has 1 heterocycles. The van der Waals surface area contributed by atoms with Gasteiger partial charge in [-0.3, -0.25) is 0 Å². The van der Waals surface area contributed by atoms with Crippen molar-refractivity contribution in [2.45, 2.75) is 45.6 Å². The third-order valence-electron chi connectivity index (χ3n) is 4.45. The fourth-order valence-electron chi connectivity index (χ4n) is 3.07. The molecule has 0 saturated carbocycles. The number of rotatable bonds is 3. The van der Waals surface area contributed by atoms with Gasteiger partial charge in [0.1, 0.15) is 0 Å². The summed E-state index contributed by atoms with van der Waals surface area (Å²) in [7, 11) is 2.07. The first kappa shape index (κ1) is 13.8. The summed E-state index contributed by atoms with van der Waals surface area (Å²) < 4.78 is 0. The quantitative estimate of drug-likeness (QED) is 0.872. The van der Waals surface area contributed by atoms with Crippen molar-refractivity contribution < 1.29 is 0 Å². The molecule has 0 aliphatic heterocycles. The molecule has 1 N–H and O–H groups in total. The Morgan fingerprint density at radius 3 is 2.55 bits per heavy atom. The minimum Gasteiger partial charge on any atom is -0.309 e. The van der Waals surface area contributed by atoms with Gasteiger partial charge in [-0.05, 0) is 74.9 Å². The standard InChI is InChI=1S/C18H23NS/c1-12-8-9-15(10-13(12)2)18(19-3)17-11-14-6-4-5-7-16(14)20-17/h8-11,18-19H,4-7H2,1-3H3. The van der Waals surface area contributed by atoms with Crippen LogP contribution in [0.4, 0.5) is 0 Å². The predicted molar refractivity (Wildman–Crippen MR) is 87.8 cm³/mol. The molecule has 0 saturated heterocycles. The van der Waals surface area contributed by atoms with Gasteiger partial charge in [0.2, 0.25) is 0 Å². The highest BCUT2D eigenvalue weighted by Crippen LogP contribution is 2.35. The minimum atomic E-state index is 0.338. The van der Waals surface area contributed by atoms with Crippen LogP contribution in [0.2, 0.25) is 0 Å². The fraction of sp³-hybridized carbons (Fsp3) is 0.444. The summed E-state index contributed by atoms with van der Waals surface area (Å²) in [6, 6.07) is 9.61. The maximum Gasteiger partial charge on any atom is 0.0668 e. The van der Waals surface area contributed by atoms with E-state index in [0.29, 0.717) is 6.04 Å². The molecule has 2 heteroatoms. The van der Waals surface area contributed by atoms with Crippen LogP contribution in [-0.4, -0.2) is 7.05 Å². The minimum absolute atomic E-state index is 0.338. The van der Waals surface area contributed by atoms with Crippen LogP contribution >= 0.6 is 11.3 Å². The molecule has 0 bridgehead atoms. The molecule has 3 rings (SSSR count). The van der Waals surface area contributed by atoms with Gasteiger partial charge in [0.05, 0.1) is 6.04 Å². The third-order valence-corrected chi connectivity index (χ3v) is 5.76. The highest BCUT2D eigenvalue weighted by Gasteiger charge is 2.19. The summed E-state index contributed by atoms with van der Waals surface area (Å²) in [5, 5.41) is 3.50. The fourth-order valence-corrected chi connectivity index (χ4v) is 4.47. The molecule has 0 spiro atoms. The van der Waals surface area contributed by atoms with Crippen LogP contribution < -0.4 is 5.32 Å². The number of benzene rings is 1. The van der Waals surface area contributed by atoms with Gasteiger partial charge < -0.3 is 5.32 Å². The van der Waals surface area contributed by atoms with Crippen molar-refractivity contribution in [1.29, 1.82) is 0 Å². The lowest BCUT2D eigenvalue weighted by Crippen LogP contribution is -2.16. The van der Waals surface area contributed by atoms with E-state index in [1.807, 2.05) is 11.3 Å². The Bertz CT molecular complexity index is 588. The van der Waals surface area contributed by atoms with Crippen molar-refractivity contribution in [2.24, 2.45) is 0 Å². The average Bonchev–Trinajstić information content (AvgIpc) is 2.87. The van der Waals surface area contributed by atoms with Gasteiger partial charge in [0.15, 0.2) is 0 Å². The molecule has 1 aromatic carbocycles. The van der Waals surface area contributed by atoms with E-state index >= 15 is 0 Å². The van der Waals surface area contributed by atoms with Gasteiger partial charge in [-0.15, -0.1) is 11.3 Å². The maximum atomic E-state index is 3.50. The summed E-state index contributed by atoms with van der Waals surface area (Å²) >= 11 is 2.01. The van der Waals surface area contributed by atoms with Crippen LogP contribution in [0.15, 0.2) is 24.3 Å². The molecule has 1 aliphatic carbocycles. The first-order valence-corrected chi connectivity index (χ1v) is 8.36. The van der Waals surface area contributed by atoms with Crippen LogP contribution in [0.5, 0.6) is 0 Å². The molecule has 20 heavy (non-hydrogen) atoms. The third kappa shape index (κ3) is 2.55. The first-order valence-electron chi connectivity index (χ1n) is 7.55. The Labute approximate surface area is 126 Å². The van der Waals surface area contributed by atoms with Gasteiger partial charge >= 0.3 is 0 Å². The number of fused-ring (bicyclic) bond motifs is 1. The Hall–Kier alpha value is -1.12. The summed E-state index contributed by atoms with van der Waals surface area (Å²) in [6.07, 6.45) is 5.27. The lowest BCUT2D eigenvalue weighted by molar-refractivity contribution is 0.691. The molecule has 1 aromatic heterocycles. The topological polar surface area (TPSA) is 12.0 Å². The molecule has 1 nitrogen and oxygen atoms in total. The second kappa shape index (κ2) is 5.71. The number of hydrogen-bond donors (Lipinski definition) is 1. The van der Waals surface area contributed by atoms with Crippen molar-refractivity contribution in [3.8, 4) is 0 Å². The van der Waals surface area contributed by atoms with Crippen molar-refractivity contribution in [3.05, 3.63) is 56.3 Å². The van der Waals surface area contributed by atoms with E-state index in [1.165, 1.54) is 47.3 Å². The van der Waals surface area contributed by atoms with Crippen LogP contribution in [0.3, 0.4) is 0 Å². The number of thiophene rings is 1. The van der Waals surface area contributed by atoms with Crippen molar-refractivity contribution in [1.82, 2.24) is 5.32 Å². The summed E-state index contributed by atoms with van der Waals surface area (Å²) in [5.41, 5.74) is 5.73. The molecule has 106 valence electrons. The predicted octanol–water partition coefficient (Wildman–Crippen LogP) is 4.55. The van der Waals surface area contributed by atoms with Crippen LogP contribution in [-0.2, 0) is 12.8 Å². The Kier molecular flexibility index (Phi) is 3.95. The SMILES string of the molecule is CNC(c1ccc(C)c(C)c1)c1cc2c(s1)CCCC2. The molecular formula is C18H23NS. The van der Waals surface area contributed by atoms with E-state index in [-0.39, 0.29) is 0 Å². The van der Waals surface area contributed by atoms with Gasteiger partial charge in [0.25, 0.3) is 0 Å². The van der Waals surface area contributed by atoms with E-state index in [9.17, 15) is 0 Å². The van der Waals surface area contributed by atoms with Gasteiger partial charge in [-0.2, -0.15) is 0 Å². The molecule has 1 aliphatic rings. The number of aryl methyl sites for hydroxylation is 4. The lowest BCUT2D eigenvalue weighted by atomic mass is 9.97. The summed E-state index contributed by atoms with van der Waals surface area (Å²) in [6.45, 7) is 4.38. The van der Waals surface area contributed by atoms with E-state index in [0.717, 1.165) is 0 Å². The zero-order valence-electron chi connectivity index (χ0n) is 12.6. The van der Waals surface area contributed by atoms with E-state index in [1.54, 1.807) is 10.4 Å². The Balaban J connectivity index is 1.96. The van der Waals surface area contributed by atoms with Crippen LogP contribution in [0, 0.1) is 13.8 Å². The van der Waals surface area contributed by atoms with Gasteiger partial charge in [-0.25, -0.2) is 0 Å². The smallest absolute Gasteiger partial charge is 0.0668 e. The first-order chi connectivity index (χ1) is 9.69. The molecule has 2 aromatic rings. The second-order valence-electron chi connectivity index (χ2n) is 5.87. The molecule has 1 atom stereocenters. The second-order valence-corrected chi connectivity index (χ2v) is 7.04. The number of hydrogen-bond acceptors (Lipinski definition) is 2. The van der Waals surface area contributed by atoms with Crippen molar-refractivity contribution in [3.63, 3.8) is 0 Å². The Morgan fingerprint density at radius 1 is 1.05 bits per heavy atom. The molecular weight excluding hydrogens is 262 g/mol. The summed E-state index contributed by atoms with van der Waals surface area (Å²) in [4.78, 5) is 3.10. The van der Waals surface area contributed by atoms with Crippen molar-refractivity contribution in [2.75, 3.05) is 7.05 Å². The van der Waals surface area contributed by atoms with E-state index in [4.69, 9.17) is 0 Å². The van der Waals surface area contributed by atoms with Gasteiger partial charge in [0, 0.05) is 9.75 Å². The lowest BCUT2D eigenvalue weighted by Gasteiger charge is -2.16. The summed E-state index contributed by atoms with van der Waals surface area (Å²) in [5.74, 6) is 0. The highest BCUT2D eigenvalue weighted by atomic mass is 32.1.